The molecule has 0 fully saturated rings. The van der Waals surface area contributed by atoms with Crippen LogP contribution >= 0.6 is 12.2 Å². The second kappa shape index (κ2) is 4.88. The molecule has 6 heteroatoms. The number of hydrogen-bond donors (Lipinski definition) is 1. The number of thiocarbonyl (C=S) groups is 1. The van der Waals surface area contributed by atoms with Gasteiger partial charge in [-0.1, -0.05) is 17.4 Å². The van der Waals surface area contributed by atoms with E-state index in [1.54, 1.807) is 4.90 Å². The van der Waals surface area contributed by atoms with Crippen LogP contribution in [0, 0.1) is 0 Å². The fraction of sp³-hybridized carbons (Fsp3) is 0.444. The van der Waals surface area contributed by atoms with E-state index in [2.05, 4.69) is 9.68 Å². The predicted octanol–water partition coefficient (Wildman–Crippen LogP) is 0.811. The molecule has 0 saturated carbocycles. The Morgan fingerprint density at radius 1 is 1.73 bits per heavy atom. The maximum atomic E-state index is 11.9. The minimum atomic E-state index is -0.230. The van der Waals surface area contributed by atoms with E-state index in [4.69, 9.17) is 18.0 Å². The lowest BCUT2D eigenvalue weighted by Crippen LogP contribution is -2.42. The van der Waals surface area contributed by atoms with Crippen molar-refractivity contribution in [3.8, 4) is 0 Å². The Balaban J connectivity index is 2.81. The van der Waals surface area contributed by atoms with Gasteiger partial charge in [0, 0.05) is 12.1 Å². The minimum absolute atomic E-state index is 0.00991. The Kier molecular flexibility index (Phi) is 3.79. The molecular formula is C9H13N3O2S. The van der Waals surface area contributed by atoms with E-state index in [0.29, 0.717) is 0 Å². The molecular weight excluding hydrogens is 214 g/mol. The average molecular weight is 227 g/mol. The van der Waals surface area contributed by atoms with Crippen molar-refractivity contribution in [2.45, 2.75) is 19.9 Å². The van der Waals surface area contributed by atoms with Gasteiger partial charge in [0.25, 0.3) is 5.91 Å². The zero-order valence-electron chi connectivity index (χ0n) is 8.64. The number of carbonyl (C=O) groups is 1. The standard InChI is InChI=1S/C9H13N3O2S/c1-6(2)12(5-8(10)15)9(13)7-3-4-14-11-7/h3-4,6H,5H2,1-2H3,(H2,10,15). The molecule has 5 nitrogen and oxygen atoms in total. The predicted molar refractivity (Wildman–Crippen MR) is 59.5 cm³/mol. The first kappa shape index (κ1) is 11.6. The normalized spacial score (nSPS) is 10.3. The van der Waals surface area contributed by atoms with Crippen LogP contribution in [0.3, 0.4) is 0 Å². The van der Waals surface area contributed by atoms with Crippen molar-refractivity contribution in [2.75, 3.05) is 6.54 Å². The molecule has 2 N–H and O–H groups in total. The molecule has 1 aromatic heterocycles. The lowest BCUT2D eigenvalue weighted by molar-refractivity contribution is 0.0725. The fourth-order valence-corrected chi connectivity index (χ4v) is 1.27. The molecule has 82 valence electrons. The molecule has 0 atom stereocenters. The smallest absolute Gasteiger partial charge is 0.276 e. The molecule has 1 heterocycles. The number of amides is 1. The third-order valence-electron chi connectivity index (χ3n) is 1.87. The van der Waals surface area contributed by atoms with Crippen molar-refractivity contribution in [3.05, 3.63) is 18.0 Å². The van der Waals surface area contributed by atoms with Crippen molar-refractivity contribution in [1.82, 2.24) is 10.1 Å². The molecule has 0 bridgehead atoms. The average Bonchev–Trinajstić information content (AvgIpc) is 2.65. The number of nitrogens with zero attached hydrogens (tertiary/aromatic N) is 2. The summed E-state index contributed by atoms with van der Waals surface area (Å²) in [5.74, 6) is -0.230. The van der Waals surface area contributed by atoms with Crippen LogP contribution in [0.2, 0.25) is 0 Å². The lowest BCUT2D eigenvalue weighted by Gasteiger charge is -2.24. The van der Waals surface area contributed by atoms with Gasteiger partial charge < -0.3 is 15.2 Å². The third kappa shape index (κ3) is 3.02. The van der Waals surface area contributed by atoms with Gasteiger partial charge in [-0.2, -0.15) is 0 Å². The van der Waals surface area contributed by atoms with Gasteiger partial charge in [-0.3, -0.25) is 4.79 Å². The maximum Gasteiger partial charge on any atom is 0.276 e. The van der Waals surface area contributed by atoms with Crippen LogP contribution in [0.5, 0.6) is 0 Å². The summed E-state index contributed by atoms with van der Waals surface area (Å²) < 4.78 is 4.61. The van der Waals surface area contributed by atoms with Crippen LogP contribution in [0.15, 0.2) is 16.9 Å². The molecule has 1 amide bonds. The SMILES string of the molecule is CC(C)N(CC(N)=S)C(=O)c1ccon1. The maximum absolute atomic E-state index is 11.9. The molecule has 0 unspecified atom stereocenters. The van der Waals surface area contributed by atoms with E-state index >= 15 is 0 Å². The monoisotopic (exact) mass is 227 g/mol. The van der Waals surface area contributed by atoms with Gasteiger partial charge in [-0.15, -0.1) is 0 Å². The van der Waals surface area contributed by atoms with Crippen LogP contribution in [0.1, 0.15) is 24.3 Å². The zero-order chi connectivity index (χ0) is 11.4. The Hall–Kier alpha value is -1.43. The summed E-state index contributed by atoms with van der Waals surface area (Å²) in [6.45, 7) is 4.02. The highest BCUT2D eigenvalue weighted by Gasteiger charge is 2.21. The van der Waals surface area contributed by atoms with Gasteiger partial charge in [0.05, 0.1) is 11.5 Å². The molecule has 0 radical (unpaired) electrons. The largest absolute Gasteiger partial charge is 0.392 e. The molecule has 0 aliphatic heterocycles. The molecule has 0 aliphatic rings. The zero-order valence-corrected chi connectivity index (χ0v) is 9.45. The summed E-state index contributed by atoms with van der Waals surface area (Å²) >= 11 is 4.78. The van der Waals surface area contributed by atoms with Crippen molar-refractivity contribution < 1.29 is 9.32 Å². The van der Waals surface area contributed by atoms with E-state index in [0.717, 1.165) is 0 Å². The van der Waals surface area contributed by atoms with Gasteiger partial charge in [-0.25, -0.2) is 0 Å². The summed E-state index contributed by atoms with van der Waals surface area (Å²) in [5, 5.41) is 3.58. The first-order valence-electron chi connectivity index (χ1n) is 4.52. The Labute approximate surface area is 93.2 Å². The van der Waals surface area contributed by atoms with Gasteiger partial charge in [-0.05, 0) is 13.8 Å². The molecule has 1 aromatic rings. The van der Waals surface area contributed by atoms with Gasteiger partial charge in [0.1, 0.15) is 6.26 Å². The highest BCUT2D eigenvalue weighted by atomic mass is 32.1. The van der Waals surface area contributed by atoms with Crippen LogP contribution in [0.4, 0.5) is 0 Å². The topological polar surface area (TPSA) is 72.4 Å². The quantitative estimate of drug-likeness (QED) is 0.771. The molecule has 0 aromatic carbocycles. The molecule has 0 saturated heterocycles. The highest BCUT2D eigenvalue weighted by Crippen LogP contribution is 2.06. The molecule has 15 heavy (non-hydrogen) atoms. The number of carbonyl (C=O) groups excluding carboxylic acids is 1. The molecule has 0 spiro atoms. The van der Waals surface area contributed by atoms with E-state index in [1.165, 1.54) is 12.3 Å². The second-order valence-electron chi connectivity index (χ2n) is 3.38. The first-order valence-corrected chi connectivity index (χ1v) is 4.93. The Bertz CT molecular complexity index is 348. The van der Waals surface area contributed by atoms with Crippen LogP contribution in [0.25, 0.3) is 0 Å². The second-order valence-corrected chi connectivity index (χ2v) is 3.90. The van der Waals surface area contributed by atoms with E-state index in [1.807, 2.05) is 13.8 Å². The van der Waals surface area contributed by atoms with Crippen molar-refractivity contribution in [2.24, 2.45) is 5.73 Å². The summed E-state index contributed by atoms with van der Waals surface area (Å²) in [6.07, 6.45) is 1.35. The molecule has 1 rings (SSSR count). The summed E-state index contributed by atoms with van der Waals surface area (Å²) in [5.41, 5.74) is 5.68. The van der Waals surface area contributed by atoms with Gasteiger partial charge in [0.2, 0.25) is 0 Å². The first-order chi connectivity index (χ1) is 7.02. The summed E-state index contributed by atoms with van der Waals surface area (Å²) in [4.78, 5) is 13.7. The Morgan fingerprint density at radius 2 is 2.40 bits per heavy atom. The van der Waals surface area contributed by atoms with Gasteiger partial charge >= 0.3 is 0 Å². The minimum Gasteiger partial charge on any atom is -0.392 e. The summed E-state index contributed by atoms with van der Waals surface area (Å²) in [6, 6.07) is 1.52. The lowest BCUT2D eigenvalue weighted by atomic mass is 10.2. The van der Waals surface area contributed by atoms with Crippen LogP contribution in [-0.2, 0) is 0 Å². The summed E-state index contributed by atoms with van der Waals surface area (Å²) in [7, 11) is 0. The van der Waals surface area contributed by atoms with E-state index in [9.17, 15) is 4.79 Å². The van der Waals surface area contributed by atoms with Gasteiger partial charge in [0.15, 0.2) is 5.69 Å². The van der Waals surface area contributed by atoms with Crippen molar-refractivity contribution in [1.29, 1.82) is 0 Å². The Morgan fingerprint density at radius 3 is 2.80 bits per heavy atom. The van der Waals surface area contributed by atoms with E-state index in [-0.39, 0.29) is 29.2 Å². The number of nitrogens with two attached hydrogens (primary N) is 1. The number of hydrogen-bond acceptors (Lipinski definition) is 4. The number of aromatic nitrogens is 1. The number of rotatable bonds is 4. The van der Waals surface area contributed by atoms with Crippen LogP contribution < -0.4 is 5.73 Å². The highest BCUT2D eigenvalue weighted by molar-refractivity contribution is 7.80. The molecule has 0 aliphatic carbocycles. The van der Waals surface area contributed by atoms with Crippen molar-refractivity contribution >= 4 is 23.1 Å². The van der Waals surface area contributed by atoms with Crippen LogP contribution in [-0.4, -0.2) is 33.5 Å². The third-order valence-corrected chi connectivity index (χ3v) is 2.00. The van der Waals surface area contributed by atoms with Crippen molar-refractivity contribution in [3.63, 3.8) is 0 Å². The fourth-order valence-electron chi connectivity index (χ4n) is 1.13. The van der Waals surface area contributed by atoms with E-state index < -0.39 is 0 Å².